The number of hydrogen-bond acceptors (Lipinski definition) is 10. The van der Waals surface area contributed by atoms with Gasteiger partial charge in [0.1, 0.15) is 18.5 Å². The molecule has 4 rings (SSSR count). The van der Waals surface area contributed by atoms with Gasteiger partial charge in [-0.15, -0.1) is 11.3 Å². The highest BCUT2D eigenvalue weighted by Crippen LogP contribution is 2.30. The van der Waals surface area contributed by atoms with Crippen molar-refractivity contribution in [2.24, 2.45) is 5.92 Å². The summed E-state index contributed by atoms with van der Waals surface area (Å²) in [5, 5.41) is -0.151. The third-order valence-corrected chi connectivity index (χ3v) is 8.00. The van der Waals surface area contributed by atoms with E-state index in [1.807, 2.05) is 13.8 Å². The van der Waals surface area contributed by atoms with E-state index in [1.165, 1.54) is 29.2 Å². The molecule has 1 aromatic carbocycles. The molecule has 0 unspecified atom stereocenters. The Hall–Kier alpha value is -3.04. The van der Waals surface area contributed by atoms with Gasteiger partial charge in [0.15, 0.2) is 0 Å². The Morgan fingerprint density at radius 1 is 1.22 bits per heavy atom. The fraction of sp³-hybridized carbons (Fsp3) is 0.423. The number of rotatable bonds is 10. The second-order valence-electron chi connectivity index (χ2n) is 9.66. The van der Waals surface area contributed by atoms with E-state index in [0.29, 0.717) is 23.1 Å². The first-order valence-electron chi connectivity index (χ1n) is 12.7. The highest BCUT2D eigenvalue weighted by atomic mass is 35.5. The average molecular weight is 627 g/mol. The summed E-state index contributed by atoms with van der Waals surface area (Å²) in [4.78, 5) is 66.7. The van der Waals surface area contributed by atoms with Crippen LogP contribution in [0.3, 0.4) is 0 Å². The maximum Gasteiger partial charge on any atom is 0.414 e. The van der Waals surface area contributed by atoms with Gasteiger partial charge in [-0.1, -0.05) is 25.4 Å². The van der Waals surface area contributed by atoms with Crippen molar-refractivity contribution in [1.29, 1.82) is 0 Å². The summed E-state index contributed by atoms with van der Waals surface area (Å²) in [6.45, 7) is 3.52. The number of nitrogens with one attached hydrogen (secondary N) is 1. The standard InChI is InChI=1S/C26H28ClFN4O7S2/c1-15(2)9-24(35)41-29-11-22(33)32(25(36)20-5-6-21(27)40-20)13-17-12-31(26(37)39-17)19-4-3-16(10-18(19)28)30-7-8-38-14-23(30)34/h3-6,10,15,17,29H,7-9,11-14H2,1-2H3/t17-/m1/s1. The molecular weight excluding hydrogens is 599 g/mol. The van der Waals surface area contributed by atoms with Crippen LogP contribution in [0.15, 0.2) is 30.3 Å². The lowest BCUT2D eigenvalue weighted by Crippen LogP contribution is -2.46. The summed E-state index contributed by atoms with van der Waals surface area (Å²) in [5.41, 5.74) is 0.260. The van der Waals surface area contributed by atoms with Crippen molar-refractivity contribution in [3.05, 3.63) is 45.4 Å². The summed E-state index contributed by atoms with van der Waals surface area (Å²) in [7, 11) is 0. The van der Waals surface area contributed by atoms with Crippen LogP contribution in [0.5, 0.6) is 0 Å². The Balaban J connectivity index is 1.45. The molecule has 3 heterocycles. The van der Waals surface area contributed by atoms with E-state index < -0.39 is 29.8 Å². The van der Waals surface area contributed by atoms with Crippen molar-refractivity contribution in [3.63, 3.8) is 0 Å². The lowest BCUT2D eigenvalue weighted by atomic mass is 10.2. The van der Waals surface area contributed by atoms with Crippen molar-refractivity contribution < 1.29 is 37.8 Å². The number of morpholine rings is 1. The number of halogens is 2. The second-order valence-corrected chi connectivity index (χ2v) is 12.3. The number of amides is 4. The van der Waals surface area contributed by atoms with Crippen molar-refractivity contribution in [2.75, 3.05) is 49.2 Å². The van der Waals surface area contributed by atoms with Gasteiger partial charge < -0.3 is 14.4 Å². The monoisotopic (exact) mass is 626 g/mol. The Morgan fingerprint density at radius 3 is 2.66 bits per heavy atom. The van der Waals surface area contributed by atoms with Crippen LogP contribution >= 0.6 is 34.9 Å². The second kappa shape index (κ2) is 13.7. The van der Waals surface area contributed by atoms with Crippen molar-refractivity contribution in [3.8, 4) is 0 Å². The molecule has 2 aromatic rings. The number of hydrogen-bond donors (Lipinski definition) is 1. The Labute approximate surface area is 249 Å². The number of cyclic esters (lactones) is 1. The molecule has 0 saturated carbocycles. The zero-order chi connectivity index (χ0) is 29.7. The first-order chi connectivity index (χ1) is 19.5. The van der Waals surface area contributed by atoms with E-state index in [0.717, 1.165) is 39.2 Å². The number of nitrogens with zero attached hydrogens (tertiary/aromatic N) is 3. The van der Waals surface area contributed by atoms with Crippen LogP contribution in [0.4, 0.5) is 20.6 Å². The number of anilines is 2. The maximum atomic E-state index is 15.1. The van der Waals surface area contributed by atoms with Crippen molar-refractivity contribution in [2.45, 2.75) is 26.4 Å². The van der Waals surface area contributed by atoms with Gasteiger partial charge in [-0.25, -0.2) is 13.9 Å². The predicted octanol–water partition coefficient (Wildman–Crippen LogP) is 3.71. The van der Waals surface area contributed by atoms with E-state index in [-0.39, 0.29) is 60.3 Å². The molecule has 1 N–H and O–H groups in total. The quantitative estimate of drug-likeness (QED) is 0.393. The van der Waals surface area contributed by atoms with Crippen LogP contribution in [-0.2, 0) is 23.9 Å². The third-order valence-electron chi connectivity index (χ3n) is 6.09. The van der Waals surface area contributed by atoms with Crippen LogP contribution in [0.2, 0.25) is 4.34 Å². The zero-order valence-electron chi connectivity index (χ0n) is 22.3. The SMILES string of the molecule is CC(C)CC(=O)SNCC(=O)N(C[C@H]1CN(c2ccc(N3CCOCC3=O)cc2F)C(=O)O1)C(=O)c1ccc(Cl)s1. The summed E-state index contributed by atoms with van der Waals surface area (Å²) < 4.78 is 28.7. The van der Waals surface area contributed by atoms with Gasteiger partial charge in [-0.05, 0) is 48.2 Å². The number of imide groups is 1. The molecule has 2 saturated heterocycles. The van der Waals surface area contributed by atoms with Crippen LogP contribution < -0.4 is 14.5 Å². The minimum absolute atomic E-state index is 0.0714. The molecule has 11 nitrogen and oxygen atoms in total. The summed E-state index contributed by atoms with van der Waals surface area (Å²) in [6, 6.07) is 7.05. The van der Waals surface area contributed by atoms with Gasteiger partial charge in [-0.3, -0.25) is 29.0 Å². The summed E-state index contributed by atoms with van der Waals surface area (Å²) >= 11 is 7.75. The number of carbonyl (C=O) groups excluding carboxylic acids is 5. The molecule has 4 amide bonds. The predicted molar refractivity (Wildman–Crippen MR) is 153 cm³/mol. The van der Waals surface area contributed by atoms with E-state index in [1.54, 1.807) is 0 Å². The Bertz CT molecular complexity index is 1340. The smallest absolute Gasteiger partial charge is 0.414 e. The largest absolute Gasteiger partial charge is 0.442 e. The molecule has 2 fully saturated rings. The molecule has 1 atom stereocenters. The molecule has 15 heteroatoms. The third kappa shape index (κ3) is 7.83. The van der Waals surface area contributed by atoms with Crippen LogP contribution in [-0.4, -0.2) is 79.3 Å². The minimum Gasteiger partial charge on any atom is -0.442 e. The fourth-order valence-corrected chi connectivity index (χ4v) is 5.96. The van der Waals surface area contributed by atoms with Gasteiger partial charge in [0.25, 0.3) is 11.8 Å². The molecule has 1 aromatic heterocycles. The normalized spacial score (nSPS) is 17.2. The molecule has 220 valence electrons. The maximum absolute atomic E-state index is 15.1. The first kappa shape index (κ1) is 30.9. The Morgan fingerprint density at radius 2 is 2.00 bits per heavy atom. The van der Waals surface area contributed by atoms with Crippen molar-refractivity contribution in [1.82, 2.24) is 9.62 Å². The molecule has 41 heavy (non-hydrogen) atoms. The first-order valence-corrected chi connectivity index (χ1v) is 14.7. The number of ether oxygens (including phenoxy) is 2. The van der Waals surface area contributed by atoms with Gasteiger partial charge in [0.2, 0.25) is 11.0 Å². The minimum atomic E-state index is -0.957. The molecule has 2 aliphatic heterocycles. The van der Waals surface area contributed by atoms with Crippen LogP contribution in [0.1, 0.15) is 29.9 Å². The summed E-state index contributed by atoms with van der Waals surface area (Å²) in [5.74, 6) is -2.19. The Kier molecular flexibility index (Phi) is 10.4. The lowest BCUT2D eigenvalue weighted by Gasteiger charge is -2.27. The average Bonchev–Trinajstić information content (AvgIpc) is 3.51. The van der Waals surface area contributed by atoms with Crippen LogP contribution in [0.25, 0.3) is 0 Å². The molecule has 0 bridgehead atoms. The topological polar surface area (TPSA) is 126 Å². The number of benzene rings is 1. The zero-order valence-corrected chi connectivity index (χ0v) is 24.7. The van der Waals surface area contributed by atoms with E-state index in [2.05, 4.69) is 4.72 Å². The molecule has 0 aliphatic carbocycles. The van der Waals surface area contributed by atoms with Gasteiger partial charge in [-0.2, -0.15) is 0 Å². The van der Waals surface area contributed by atoms with Gasteiger partial charge in [0, 0.05) is 18.7 Å². The van der Waals surface area contributed by atoms with E-state index >= 15 is 4.39 Å². The summed E-state index contributed by atoms with van der Waals surface area (Å²) in [6.07, 6.45) is -1.49. The number of thiophene rings is 1. The highest BCUT2D eigenvalue weighted by Gasteiger charge is 2.38. The van der Waals surface area contributed by atoms with Crippen LogP contribution in [0, 0.1) is 11.7 Å². The number of carbonyl (C=O) groups is 5. The van der Waals surface area contributed by atoms with Crippen molar-refractivity contribution >= 4 is 75.2 Å². The lowest BCUT2D eigenvalue weighted by molar-refractivity contribution is -0.128. The van der Waals surface area contributed by atoms with Gasteiger partial charge >= 0.3 is 6.09 Å². The van der Waals surface area contributed by atoms with E-state index in [4.69, 9.17) is 21.1 Å². The molecular formula is C26H28ClFN4O7S2. The van der Waals surface area contributed by atoms with E-state index in [9.17, 15) is 24.0 Å². The molecule has 0 radical (unpaired) electrons. The fourth-order valence-electron chi connectivity index (χ4n) is 4.20. The molecule has 2 aliphatic rings. The molecule has 0 spiro atoms. The van der Waals surface area contributed by atoms with Gasteiger partial charge in [0.05, 0.1) is 41.1 Å². The highest BCUT2D eigenvalue weighted by molar-refractivity contribution is 8.12.